The van der Waals surface area contributed by atoms with Crippen LogP contribution in [0.3, 0.4) is 0 Å². The second-order valence-corrected chi connectivity index (χ2v) is 8.58. The summed E-state index contributed by atoms with van der Waals surface area (Å²) in [6.45, 7) is 0.885. The van der Waals surface area contributed by atoms with E-state index in [1.54, 1.807) is 31.3 Å². The first-order valence-corrected chi connectivity index (χ1v) is 9.79. The Morgan fingerprint density at radius 3 is 2.50 bits per heavy atom. The predicted octanol–water partition coefficient (Wildman–Crippen LogP) is 3.24. The smallest absolute Gasteiger partial charge is 0.218 e. The number of likely N-dealkylation sites (N-methyl/N-ethyl adjacent to an activating group) is 1. The summed E-state index contributed by atoms with van der Waals surface area (Å²) in [7, 11) is -1.79. The van der Waals surface area contributed by atoms with Crippen molar-refractivity contribution in [2.45, 2.75) is 24.9 Å². The van der Waals surface area contributed by atoms with E-state index in [9.17, 15) is 8.42 Å². The van der Waals surface area contributed by atoms with Crippen LogP contribution in [0, 0.1) is 0 Å². The van der Waals surface area contributed by atoms with Gasteiger partial charge in [-0.2, -0.15) is 0 Å². The third-order valence-electron chi connectivity index (χ3n) is 4.24. The molecule has 0 aliphatic carbocycles. The van der Waals surface area contributed by atoms with Crippen LogP contribution in [-0.4, -0.2) is 32.4 Å². The van der Waals surface area contributed by atoms with Gasteiger partial charge in [-0.25, -0.2) is 12.7 Å². The lowest BCUT2D eigenvalue weighted by Crippen LogP contribution is -2.38. The van der Waals surface area contributed by atoms with Gasteiger partial charge in [0.2, 0.25) is 10.0 Å². The van der Waals surface area contributed by atoms with Crippen molar-refractivity contribution in [2.75, 3.05) is 13.6 Å². The standard InChI is InChI=1S/C18H20ClNO3S/c1-20(24(21,22)13-14-6-8-17(19)9-7-14)11-18-10-15-4-2-3-5-16(15)12-23-18/h2-9,18H,10-13H2,1H3. The molecule has 4 nitrogen and oxygen atoms in total. The zero-order chi connectivity index (χ0) is 17.2. The van der Waals surface area contributed by atoms with Gasteiger partial charge in [0.05, 0.1) is 18.5 Å². The van der Waals surface area contributed by atoms with Crippen LogP contribution in [0.25, 0.3) is 0 Å². The number of sulfonamides is 1. The summed E-state index contributed by atoms with van der Waals surface area (Å²) in [5.74, 6) is -0.0377. The SMILES string of the molecule is CN(CC1Cc2ccccc2CO1)S(=O)(=O)Cc1ccc(Cl)cc1. The molecule has 1 atom stereocenters. The molecule has 2 aromatic carbocycles. The van der Waals surface area contributed by atoms with E-state index in [0.29, 0.717) is 18.2 Å². The fourth-order valence-electron chi connectivity index (χ4n) is 2.83. The van der Waals surface area contributed by atoms with Crippen LogP contribution in [0.1, 0.15) is 16.7 Å². The zero-order valence-electron chi connectivity index (χ0n) is 13.5. The maximum atomic E-state index is 12.5. The Morgan fingerprint density at radius 1 is 1.12 bits per heavy atom. The first-order chi connectivity index (χ1) is 11.4. The maximum Gasteiger partial charge on any atom is 0.218 e. The summed E-state index contributed by atoms with van der Waals surface area (Å²) in [5.41, 5.74) is 3.14. The van der Waals surface area contributed by atoms with Crippen molar-refractivity contribution in [3.8, 4) is 0 Å². The first kappa shape index (κ1) is 17.4. The van der Waals surface area contributed by atoms with Gasteiger partial charge in [0.25, 0.3) is 0 Å². The molecule has 1 aliphatic rings. The number of ether oxygens (including phenoxy) is 1. The summed E-state index contributed by atoms with van der Waals surface area (Å²) >= 11 is 5.84. The average Bonchev–Trinajstić information content (AvgIpc) is 2.56. The van der Waals surface area contributed by atoms with Gasteiger partial charge in [0, 0.05) is 25.0 Å². The monoisotopic (exact) mass is 365 g/mol. The molecule has 0 amide bonds. The lowest BCUT2D eigenvalue weighted by atomic mass is 9.99. The average molecular weight is 366 g/mol. The van der Waals surface area contributed by atoms with Crippen LogP contribution in [0.2, 0.25) is 5.02 Å². The quantitative estimate of drug-likeness (QED) is 0.817. The number of fused-ring (bicyclic) bond motifs is 1. The van der Waals surface area contributed by atoms with Crippen LogP contribution in [0.5, 0.6) is 0 Å². The minimum atomic E-state index is -3.39. The van der Waals surface area contributed by atoms with E-state index < -0.39 is 10.0 Å². The van der Waals surface area contributed by atoms with E-state index in [1.165, 1.54) is 15.4 Å². The molecule has 1 heterocycles. The number of hydrogen-bond acceptors (Lipinski definition) is 3. The molecule has 0 saturated carbocycles. The Balaban J connectivity index is 1.64. The molecule has 0 fully saturated rings. The molecule has 6 heteroatoms. The van der Waals surface area contributed by atoms with Gasteiger partial charge in [-0.05, 0) is 28.8 Å². The Labute approximate surface area is 148 Å². The number of rotatable bonds is 5. The molecule has 0 aromatic heterocycles. The molecule has 0 bridgehead atoms. The minimum absolute atomic E-state index is 0.0377. The molecular weight excluding hydrogens is 346 g/mol. The van der Waals surface area contributed by atoms with Gasteiger partial charge in [-0.15, -0.1) is 0 Å². The summed E-state index contributed by atoms with van der Waals surface area (Å²) in [5, 5.41) is 0.596. The summed E-state index contributed by atoms with van der Waals surface area (Å²) in [4.78, 5) is 0. The third-order valence-corrected chi connectivity index (χ3v) is 6.29. The maximum absolute atomic E-state index is 12.5. The van der Waals surface area contributed by atoms with Crippen LogP contribution < -0.4 is 0 Å². The largest absolute Gasteiger partial charge is 0.372 e. The molecule has 128 valence electrons. The minimum Gasteiger partial charge on any atom is -0.372 e. The molecule has 1 aliphatic heterocycles. The lowest BCUT2D eigenvalue weighted by Gasteiger charge is -2.28. The highest BCUT2D eigenvalue weighted by atomic mass is 35.5. The number of hydrogen-bond donors (Lipinski definition) is 0. The Bertz CT molecular complexity index is 805. The third kappa shape index (κ3) is 4.16. The van der Waals surface area contributed by atoms with Gasteiger partial charge < -0.3 is 4.74 Å². The summed E-state index contributed by atoms with van der Waals surface area (Å²) in [6.07, 6.45) is 0.613. The van der Waals surface area contributed by atoms with E-state index in [-0.39, 0.29) is 11.9 Å². The van der Waals surface area contributed by atoms with Crippen LogP contribution >= 0.6 is 11.6 Å². The topological polar surface area (TPSA) is 46.6 Å². The second kappa shape index (κ2) is 7.23. The van der Waals surface area contributed by atoms with E-state index in [2.05, 4.69) is 6.07 Å². The van der Waals surface area contributed by atoms with Crippen molar-refractivity contribution in [3.05, 3.63) is 70.2 Å². The van der Waals surface area contributed by atoms with Crippen molar-refractivity contribution in [1.29, 1.82) is 0 Å². The number of nitrogens with zero attached hydrogens (tertiary/aromatic N) is 1. The summed E-state index contributed by atoms with van der Waals surface area (Å²) < 4.78 is 32.3. The van der Waals surface area contributed by atoms with E-state index >= 15 is 0 Å². The fourth-order valence-corrected chi connectivity index (χ4v) is 4.18. The Kier molecular flexibility index (Phi) is 5.25. The Hall–Kier alpha value is -1.40. The van der Waals surface area contributed by atoms with Crippen molar-refractivity contribution in [1.82, 2.24) is 4.31 Å². The molecular formula is C18H20ClNO3S. The van der Waals surface area contributed by atoms with Crippen molar-refractivity contribution < 1.29 is 13.2 Å². The van der Waals surface area contributed by atoms with Gasteiger partial charge >= 0.3 is 0 Å². The van der Waals surface area contributed by atoms with Gasteiger partial charge in [-0.3, -0.25) is 0 Å². The first-order valence-electron chi connectivity index (χ1n) is 7.81. The highest BCUT2D eigenvalue weighted by Gasteiger charge is 2.25. The fraction of sp³-hybridized carbons (Fsp3) is 0.333. The molecule has 0 N–H and O–H groups in total. The molecule has 0 radical (unpaired) electrons. The predicted molar refractivity (Wildman–Crippen MR) is 95.4 cm³/mol. The van der Waals surface area contributed by atoms with E-state index in [1.807, 2.05) is 18.2 Å². The van der Waals surface area contributed by atoms with E-state index in [0.717, 1.165) is 12.0 Å². The second-order valence-electron chi connectivity index (χ2n) is 6.07. The highest BCUT2D eigenvalue weighted by Crippen LogP contribution is 2.22. The summed E-state index contributed by atoms with van der Waals surface area (Å²) in [6, 6.07) is 15.0. The molecule has 1 unspecified atom stereocenters. The Morgan fingerprint density at radius 2 is 1.79 bits per heavy atom. The number of benzene rings is 2. The van der Waals surface area contributed by atoms with Crippen molar-refractivity contribution >= 4 is 21.6 Å². The van der Waals surface area contributed by atoms with E-state index in [4.69, 9.17) is 16.3 Å². The zero-order valence-corrected chi connectivity index (χ0v) is 15.1. The molecule has 24 heavy (non-hydrogen) atoms. The molecule has 2 aromatic rings. The molecule has 0 saturated heterocycles. The number of halogens is 1. The highest BCUT2D eigenvalue weighted by molar-refractivity contribution is 7.88. The van der Waals surface area contributed by atoms with Crippen molar-refractivity contribution in [2.24, 2.45) is 0 Å². The molecule has 0 spiro atoms. The van der Waals surface area contributed by atoms with Crippen LogP contribution in [-0.2, 0) is 33.5 Å². The van der Waals surface area contributed by atoms with Crippen molar-refractivity contribution in [3.63, 3.8) is 0 Å². The van der Waals surface area contributed by atoms with Crippen LogP contribution in [0.4, 0.5) is 0 Å². The normalized spacial score (nSPS) is 17.7. The molecule has 3 rings (SSSR count). The van der Waals surface area contributed by atoms with Gasteiger partial charge in [-0.1, -0.05) is 48.0 Å². The van der Waals surface area contributed by atoms with Gasteiger partial charge in [0.15, 0.2) is 0 Å². The van der Waals surface area contributed by atoms with Crippen LogP contribution in [0.15, 0.2) is 48.5 Å². The lowest BCUT2D eigenvalue weighted by molar-refractivity contribution is 0.0202. The van der Waals surface area contributed by atoms with Gasteiger partial charge in [0.1, 0.15) is 0 Å².